The Kier molecular flexibility index (Phi) is 3.52. The lowest BCUT2D eigenvalue weighted by atomic mass is 10.2. The molecule has 1 amide bonds. The van der Waals surface area contributed by atoms with Gasteiger partial charge in [0.1, 0.15) is 17.7 Å². The second-order valence-corrected chi connectivity index (χ2v) is 3.86. The van der Waals surface area contributed by atoms with Gasteiger partial charge in [0.25, 0.3) is 5.91 Å². The van der Waals surface area contributed by atoms with Crippen molar-refractivity contribution in [3.05, 3.63) is 47.9 Å². The van der Waals surface area contributed by atoms with E-state index in [1.165, 1.54) is 12.5 Å². The Hall–Kier alpha value is -2.43. The molecular weight excluding hydrogens is 228 g/mol. The summed E-state index contributed by atoms with van der Waals surface area (Å²) in [7, 11) is 1.58. The maximum absolute atomic E-state index is 11.7. The van der Waals surface area contributed by atoms with Gasteiger partial charge in [-0.05, 0) is 24.6 Å². The van der Waals surface area contributed by atoms with Crippen LogP contribution >= 0.6 is 0 Å². The van der Waals surface area contributed by atoms with Crippen molar-refractivity contribution >= 4 is 17.4 Å². The summed E-state index contributed by atoms with van der Waals surface area (Å²) >= 11 is 0. The minimum absolute atomic E-state index is 0.217. The molecule has 1 aromatic carbocycles. The number of rotatable bonds is 3. The van der Waals surface area contributed by atoms with Crippen LogP contribution in [0.3, 0.4) is 0 Å². The van der Waals surface area contributed by atoms with Gasteiger partial charge >= 0.3 is 0 Å². The number of carbonyl (C=O) groups is 1. The van der Waals surface area contributed by atoms with Gasteiger partial charge in [-0.3, -0.25) is 4.79 Å². The number of aromatic nitrogens is 2. The number of nitrogens with zero attached hydrogens (tertiary/aromatic N) is 2. The fourth-order valence-electron chi connectivity index (χ4n) is 1.59. The Bertz CT molecular complexity index is 568. The molecule has 2 aromatic rings. The lowest BCUT2D eigenvalue weighted by Crippen LogP contribution is -2.20. The molecule has 0 bridgehead atoms. The van der Waals surface area contributed by atoms with E-state index in [-0.39, 0.29) is 5.91 Å². The molecule has 0 radical (unpaired) electrons. The van der Waals surface area contributed by atoms with Gasteiger partial charge in [-0.2, -0.15) is 0 Å². The predicted octanol–water partition coefficient (Wildman–Crippen LogP) is 1.89. The van der Waals surface area contributed by atoms with Crippen molar-refractivity contribution in [1.29, 1.82) is 0 Å². The maximum atomic E-state index is 11.7. The third kappa shape index (κ3) is 2.63. The van der Waals surface area contributed by atoms with Gasteiger partial charge in [0.2, 0.25) is 0 Å². The molecule has 2 N–H and O–H groups in total. The Balaban J connectivity index is 2.32. The Morgan fingerprint density at radius 3 is 2.89 bits per heavy atom. The number of hydrogen-bond donors (Lipinski definition) is 2. The van der Waals surface area contributed by atoms with E-state index in [1.807, 2.05) is 31.2 Å². The molecule has 2 rings (SSSR count). The van der Waals surface area contributed by atoms with Crippen molar-refractivity contribution < 1.29 is 4.79 Å². The van der Waals surface area contributed by atoms with E-state index in [2.05, 4.69) is 20.6 Å². The van der Waals surface area contributed by atoms with Crippen molar-refractivity contribution in [3.63, 3.8) is 0 Å². The summed E-state index contributed by atoms with van der Waals surface area (Å²) in [5.74, 6) is 0.278. The predicted molar refractivity (Wildman–Crippen MR) is 69.9 cm³/mol. The van der Waals surface area contributed by atoms with Crippen molar-refractivity contribution in [2.24, 2.45) is 0 Å². The van der Waals surface area contributed by atoms with Crippen LogP contribution in [0.5, 0.6) is 0 Å². The minimum atomic E-state index is -0.217. The molecule has 0 aliphatic carbocycles. The summed E-state index contributed by atoms with van der Waals surface area (Å²) in [6.45, 7) is 2.00. The summed E-state index contributed by atoms with van der Waals surface area (Å²) in [5, 5.41) is 5.68. The maximum Gasteiger partial charge on any atom is 0.256 e. The van der Waals surface area contributed by atoms with Crippen LogP contribution in [0.2, 0.25) is 0 Å². The first-order valence-corrected chi connectivity index (χ1v) is 5.56. The lowest BCUT2D eigenvalue weighted by molar-refractivity contribution is 0.0963. The summed E-state index contributed by atoms with van der Waals surface area (Å²) in [6, 6.07) is 7.85. The Labute approximate surface area is 105 Å². The van der Waals surface area contributed by atoms with Crippen molar-refractivity contribution in [2.45, 2.75) is 6.92 Å². The average molecular weight is 242 g/mol. The summed E-state index contributed by atoms with van der Waals surface area (Å²) in [5.41, 5.74) is 2.44. The molecular formula is C13H14N4O. The molecule has 0 aliphatic rings. The minimum Gasteiger partial charge on any atom is -0.355 e. The highest BCUT2D eigenvalue weighted by Gasteiger charge is 2.11. The highest BCUT2D eigenvalue weighted by Crippen LogP contribution is 2.18. The first-order chi connectivity index (χ1) is 8.70. The third-order valence-electron chi connectivity index (χ3n) is 2.46. The number of aryl methyl sites for hydroxylation is 1. The molecule has 0 saturated heterocycles. The van der Waals surface area contributed by atoms with Crippen LogP contribution in [0.15, 0.2) is 36.8 Å². The zero-order valence-electron chi connectivity index (χ0n) is 10.3. The van der Waals surface area contributed by atoms with E-state index in [0.717, 1.165) is 11.3 Å². The fraction of sp³-hybridized carbons (Fsp3) is 0.154. The third-order valence-corrected chi connectivity index (χ3v) is 2.46. The molecule has 0 aliphatic heterocycles. The van der Waals surface area contributed by atoms with Crippen LogP contribution in [0, 0.1) is 6.92 Å². The highest BCUT2D eigenvalue weighted by molar-refractivity contribution is 5.98. The molecule has 0 fully saturated rings. The molecule has 1 aromatic heterocycles. The van der Waals surface area contributed by atoms with Gasteiger partial charge in [0, 0.05) is 18.9 Å². The van der Waals surface area contributed by atoms with E-state index in [4.69, 9.17) is 0 Å². The average Bonchev–Trinajstić information content (AvgIpc) is 2.38. The molecule has 5 heteroatoms. The normalized spacial score (nSPS) is 9.89. The van der Waals surface area contributed by atoms with Crippen LogP contribution in [0.1, 0.15) is 15.9 Å². The number of anilines is 2. The van der Waals surface area contributed by atoms with Crippen molar-refractivity contribution in [2.75, 3.05) is 12.4 Å². The van der Waals surface area contributed by atoms with Crippen molar-refractivity contribution in [1.82, 2.24) is 15.3 Å². The van der Waals surface area contributed by atoms with Gasteiger partial charge in [-0.15, -0.1) is 0 Å². The number of nitrogens with one attached hydrogen (secondary N) is 2. The standard InChI is InChI=1S/C13H14N4O/c1-9-4-3-5-10(6-9)17-12-11(13(18)14-2)7-15-8-16-12/h3-8H,1-2H3,(H,14,18)(H,15,16,17). The summed E-state index contributed by atoms with van der Waals surface area (Å²) < 4.78 is 0. The van der Waals surface area contributed by atoms with Crippen LogP contribution in [-0.2, 0) is 0 Å². The SMILES string of the molecule is CNC(=O)c1cncnc1Nc1cccc(C)c1. The zero-order chi connectivity index (χ0) is 13.0. The summed E-state index contributed by atoms with van der Waals surface area (Å²) in [6.07, 6.45) is 2.90. The number of carbonyl (C=O) groups excluding carboxylic acids is 1. The van der Waals surface area contributed by atoms with E-state index in [0.29, 0.717) is 11.4 Å². The highest BCUT2D eigenvalue weighted by atomic mass is 16.1. The number of benzene rings is 1. The molecule has 18 heavy (non-hydrogen) atoms. The first kappa shape index (κ1) is 12.0. The Morgan fingerprint density at radius 1 is 1.33 bits per heavy atom. The van der Waals surface area contributed by atoms with Crippen LogP contribution < -0.4 is 10.6 Å². The van der Waals surface area contributed by atoms with Crippen LogP contribution in [0.4, 0.5) is 11.5 Å². The van der Waals surface area contributed by atoms with Gasteiger partial charge < -0.3 is 10.6 Å². The summed E-state index contributed by atoms with van der Waals surface area (Å²) in [4.78, 5) is 19.6. The van der Waals surface area contributed by atoms with Gasteiger partial charge in [-0.1, -0.05) is 12.1 Å². The second-order valence-electron chi connectivity index (χ2n) is 3.86. The zero-order valence-corrected chi connectivity index (χ0v) is 10.3. The molecule has 0 spiro atoms. The molecule has 92 valence electrons. The van der Waals surface area contributed by atoms with Gasteiger partial charge in [0.15, 0.2) is 0 Å². The second kappa shape index (κ2) is 5.27. The number of amides is 1. The molecule has 0 saturated carbocycles. The van der Waals surface area contributed by atoms with Gasteiger partial charge in [0.05, 0.1) is 0 Å². The van der Waals surface area contributed by atoms with E-state index in [9.17, 15) is 4.79 Å². The van der Waals surface area contributed by atoms with Crippen LogP contribution in [0.25, 0.3) is 0 Å². The molecule has 5 nitrogen and oxygen atoms in total. The molecule has 0 atom stereocenters. The van der Waals surface area contributed by atoms with E-state index >= 15 is 0 Å². The van der Waals surface area contributed by atoms with Crippen molar-refractivity contribution in [3.8, 4) is 0 Å². The largest absolute Gasteiger partial charge is 0.355 e. The Morgan fingerprint density at radius 2 is 2.17 bits per heavy atom. The lowest BCUT2D eigenvalue weighted by Gasteiger charge is -2.09. The topological polar surface area (TPSA) is 66.9 Å². The first-order valence-electron chi connectivity index (χ1n) is 5.56. The monoisotopic (exact) mass is 242 g/mol. The van der Waals surface area contributed by atoms with Gasteiger partial charge in [-0.25, -0.2) is 9.97 Å². The van der Waals surface area contributed by atoms with E-state index in [1.54, 1.807) is 7.05 Å². The number of hydrogen-bond acceptors (Lipinski definition) is 4. The quantitative estimate of drug-likeness (QED) is 0.862. The van der Waals surface area contributed by atoms with Crippen LogP contribution in [-0.4, -0.2) is 22.9 Å². The molecule has 1 heterocycles. The van der Waals surface area contributed by atoms with E-state index < -0.39 is 0 Å². The smallest absolute Gasteiger partial charge is 0.256 e. The molecule has 0 unspecified atom stereocenters. The fourth-order valence-corrected chi connectivity index (χ4v) is 1.59.